The fourth-order valence-electron chi connectivity index (χ4n) is 8.20. The molecule has 4 saturated carbocycles. The van der Waals surface area contributed by atoms with Crippen LogP contribution in [0.15, 0.2) is 0 Å². The zero-order valence-corrected chi connectivity index (χ0v) is 18.1. The van der Waals surface area contributed by atoms with Gasteiger partial charge in [0.25, 0.3) is 0 Å². The second-order valence-electron chi connectivity index (χ2n) is 10.4. The topological polar surface area (TPSA) is 26.3 Å². The van der Waals surface area contributed by atoms with Gasteiger partial charge in [-0.25, -0.2) is 0 Å². The third-order valence-electron chi connectivity index (χ3n) is 9.53. The van der Waals surface area contributed by atoms with E-state index in [1.54, 1.807) is 11.8 Å². The molecule has 0 saturated heterocycles. The lowest BCUT2D eigenvalue weighted by Gasteiger charge is -2.61. The van der Waals surface area contributed by atoms with Gasteiger partial charge in [0.05, 0.1) is 12.0 Å². The molecule has 148 valence electrons. The van der Waals surface area contributed by atoms with Gasteiger partial charge in [0.15, 0.2) is 0 Å². The molecular weight excluding hydrogens is 340 g/mol. The third-order valence-corrected chi connectivity index (χ3v) is 9.90. The Morgan fingerprint density at radius 1 is 1.00 bits per heavy atom. The molecule has 3 heteroatoms. The van der Waals surface area contributed by atoms with E-state index in [9.17, 15) is 4.79 Å². The summed E-state index contributed by atoms with van der Waals surface area (Å²) in [5, 5.41) is 0. The van der Waals surface area contributed by atoms with Crippen molar-refractivity contribution in [1.82, 2.24) is 0 Å². The van der Waals surface area contributed by atoms with Crippen molar-refractivity contribution in [2.45, 2.75) is 84.7 Å². The van der Waals surface area contributed by atoms with Gasteiger partial charge >= 0.3 is 0 Å². The number of carbonyl (C=O) groups excluding carboxylic acids is 1. The van der Waals surface area contributed by atoms with Crippen molar-refractivity contribution in [3.63, 3.8) is 0 Å². The van der Waals surface area contributed by atoms with Crippen LogP contribution in [-0.4, -0.2) is 24.1 Å². The van der Waals surface area contributed by atoms with Crippen LogP contribution in [0.25, 0.3) is 0 Å². The van der Waals surface area contributed by atoms with Crippen molar-refractivity contribution in [1.29, 1.82) is 0 Å². The molecule has 4 aliphatic rings. The summed E-state index contributed by atoms with van der Waals surface area (Å²) in [5.74, 6) is 5.09. The first-order valence-electron chi connectivity index (χ1n) is 11.0. The van der Waals surface area contributed by atoms with Gasteiger partial charge in [-0.3, -0.25) is 4.79 Å². The van der Waals surface area contributed by atoms with Crippen molar-refractivity contribution < 1.29 is 9.53 Å². The molecule has 0 aromatic heterocycles. The molecule has 4 aliphatic carbocycles. The van der Waals surface area contributed by atoms with E-state index >= 15 is 0 Å². The van der Waals surface area contributed by atoms with Crippen LogP contribution < -0.4 is 0 Å². The molecule has 0 amide bonds. The van der Waals surface area contributed by atoms with E-state index < -0.39 is 0 Å². The molecule has 0 N–H and O–H groups in total. The Morgan fingerprint density at radius 3 is 2.46 bits per heavy atom. The van der Waals surface area contributed by atoms with Crippen LogP contribution in [0.3, 0.4) is 0 Å². The molecule has 0 spiro atoms. The van der Waals surface area contributed by atoms with E-state index in [4.69, 9.17) is 4.74 Å². The van der Waals surface area contributed by atoms with E-state index in [2.05, 4.69) is 20.1 Å². The molecule has 0 radical (unpaired) electrons. The zero-order chi connectivity index (χ0) is 18.5. The minimum absolute atomic E-state index is 0.300. The molecule has 26 heavy (non-hydrogen) atoms. The number of carbonyl (C=O) groups is 1. The summed E-state index contributed by atoms with van der Waals surface area (Å²) in [4.78, 5) is 12.3. The minimum Gasteiger partial charge on any atom is -0.368 e. The molecule has 0 aromatic carbocycles. The lowest BCUT2D eigenvalue weighted by atomic mass is 9.44. The van der Waals surface area contributed by atoms with Gasteiger partial charge in [-0.15, -0.1) is 11.8 Å². The molecule has 0 unspecified atom stereocenters. The predicted octanol–water partition coefficient (Wildman–Crippen LogP) is 5.94. The number of rotatable bonds is 4. The average Bonchev–Trinajstić information content (AvgIpc) is 2.97. The average molecular weight is 379 g/mol. The Hall–Kier alpha value is -0.0200. The number of ketones is 1. The molecule has 0 aliphatic heterocycles. The SMILES string of the molecule is CSCO[C@H]1CC[C@@]2(C)[C@@H](CC[C@@H]3[C@@H]2CC[C@]2(C)[C@@H](C(C)=O)CC[C@@H]32)C1. The van der Waals surface area contributed by atoms with E-state index in [-0.39, 0.29) is 0 Å². The van der Waals surface area contributed by atoms with Crippen LogP contribution in [0.4, 0.5) is 0 Å². The van der Waals surface area contributed by atoms with Crippen LogP contribution in [0.5, 0.6) is 0 Å². The lowest BCUT2D eigenvalue weighted by molar-refractivity contribution is -0.140. The Balaban J connectivity index is 1.51. The molecule has 0 heterocycles. The number of ether oxygens (including phenoxy) is 1. The maximum Gasteiger partial charge on any atom is 0.133 e. The number of thioether (sulfide) groups is 1. The summed E-state index contributed by atoms with van der Waals surface area (Å²) in [5.41, 5.74) is 0.826. The summed E-state index contributed by atoms with van der Waals surface area (Å²) < 4.78 is 6.11. The Labute approximate surface area is 164 Å². The maximum atomic E-state index is 12.3. The van der Waals surface area contributed by atoms with Crippen LogP contribution >= 0.6 is 11.8 Å². The summed E-state index contributed by atoms with van der Waals surface area (Å²) >= 11 is 1.80. The van der Waals surface area contributed by atoms with Crippen molar-refractivity contribution in [2.75, 3.05) is 12.2 Å². The van der Waals surface area contributed by atoms with Gasteiger partial charge in [0.2, 0.25) is 0 Å². The first-order valence-corrected chi connectivity index (χ1v) is 12.4. The first kappa shape index (κ1) is 19.3. The zero-order valence-electron chi connectivity index (χ0n) is 17.3. The van der Waals surface area contributed by atoms with Crippen molar-refractivity contribution in [3.8, 4) is 0 Å². The summed E-state index contributed by atoms with van der Waals surface area (Å²) in [6, 6.07) is 0. The highest BCUT2D eigenvalue weighted by molar-refractivity contribution is 7.98. The number of fused-ring (bicyclic) bond motifs is 5. The van der Waals surface area contributed by atoms with Crippen LogP contribution in [0.2, 0.25) is 0 Å². The molecule has 4 rings (SSSR count). The smallest absolute Gasteiger partial charge is 0.133 e. The van der Waals surface area contributed by atoms with Crippen LogP contribution in [-0.2, 0) is 9.53 Å². The van der Waals surface area contributed by atoms with Crippen LogP contribution in [0, 0.1) is 40.4 Å². The van der Waals surface area contributed by atoms with Gasteiger partial charge < -0.3 is 4.74 Å². The standard InChI is InChI=1S/C23H38O2S/c1-15(24)19-7-8-20-18-6-5-16-13-17(25-14-26-4)9-11-22(16,2)21(18)10-12-23(19,20)3/h16-21H,5-14H2,1-4H3/t16-,17-,18-,19+,20-,21-,22-,23+/m0/s1. The largest absolute Gasteiger partial charge is 0.368 e. The van der Waals surface area contributed by atoms with E-state index in [0.717, 1.165) is 36.0 Å². The van der Waals surface area contributed by atoms with E-state index in [1.807, 2.05) is 6.92 Å². The highest BCUT2D eigenvalue weighted by atomic mass is 32.2. The Bertz CT molecular complexity index is 548. The van der Waals surface area contributed by atoms with Crippen LogP contribution in [0.1, 0.15) is 78.6 Å². The second kappa shape index (κ2) is 7.10. The number of hydrogen-bond acceptors (Lipinski definition) is 3. The molecule has 2 nitrogen and oxygen atoms in total. The van der Waals surface area contributed by atoms with Gasteiger partial charge in [-0.05, 0) is 105 Å². The predicted molar refractivity (Wildman–Crippen MR) is 109 cm³/mol. The quantitative estimate of drug-likeness (QED) is 0.566. The fourth-order valence-corrected chi connectivity index (χ4v) is 8.53. The number of hydrogen-bond donors (Lipinski definition) is 0. The van der Waals surface area contributed by atoms with Gasteiger partial charge in [-0.1, -0.05) is 13.8 Å². The third kappa shape index (κ3) is 2.91. The second-order valence-corrected chi connectivity index (χ2v) is 11.2. The molecule has 0 aromatic rings. The highest BCUT2D eigenvalue weighted by Crippen LogP contribution is 2.67. The summed E-state index contributed by atoms with van der Waals surface area (Å²) in [6.07, 6.45) is 14.5. The van der Waals surface area contributed by atoms with E-state index in [1.165, 1.54) is 51.4 Å². The lowest BCUT2D eigenvalue weighted by Crippen LogP contribution is -2.54. The fraction of sp³-hybridized carbons (Fsp3) is 0.957. The normalized spacial score (nSPS) is 50.6. The molecule has 4 fully saturated rings. The van der Waals surface area contributed by atoms with Gasteiger partial charge in [0.1, 0.15) is 5.78 Å². The first-order chi connectivity index (χ1) is 12.4. The molecule has 8 atom stereocenters. The molecule has 0 bridgehead atoms. The van der Waals surface area contributed by atoms with E-state index in [0.29, 0.717) is 28.6 Å². The summed E-state index contributed by atoms with van der Waals surface area (Å²) in [6.45, 7) is 6.94. The van der Waals surface area contributed by atoms with Crippen molar-refractivity contribution >= 4 is 17.5 Å². The van der Waals surface area contributed by atoms with Gasteiger partial charge in [-0.2, -0.15) is 0 Å². The Morgan fingerprint density at radius 2 is 1.73 bits per heavy atom. The minimum atomic E-state index is 0.300. The molecular formula is C23H38O2S. The summed E-state index contributed by atoms with van der Waals surface area (Å²) in [7, 11) is 0. The maximum absolute atomic E-state index is 12.3. The number of Topliss-reactive ketones (excluding diaryl/α,β-unsaturated/α-hetero) is 1. The van der Waals surface area contributed by atoms with Crippen molar-refractivity contribution in [2.24, 2.45) is 40.4 Å². The Kier molecular flexibility index (Phi) is 5.27. The van der Waals surface area contributed by atoms with Crippen molar-refractivity contribution in [3.05, 3.63) is 0 Å². The van der Waals surface area contributed by atoms with Gasteiger partial charge in [0, 0.05) is 5.92 Å². The highest BCUT2D eigenvalue weighted by Gasteiger charge is 2.60. The monoisotopic (exact) mass is 378 g/mol.